The third kappa shape index (κ3) is 2.92. The van der Waals surface area contributed by atoms with Crippen molar-refractivity contribution in [1.82, 2.24) is 4.90 Å². The van der Waals surface area contributed by atoms with Crippen LogP contribution in [0.1, 0.15) is 9.67 Å². The van der Waals surface area contributed by atoms with Gasteiger partial charge < -0.3 is 14.9 Å². The first-order chi connectivity index (χ1) is 6.50. The van der Waals surface area contributed by atoms with Crippen LogP contribution in [0.15, 0.2) is 12.1 Å². The molecule has 4 nitrogen and oxygen atoms in total. The highest BCUT2D eigenvalue weighted by atomic mass is 32.1. The Bertz CT molecular complexity index is 324. The zero-order chi connectivity index (χ0) is 10.7. The summed E-state index contributed by atoms with van der Waals surface area (Å²) in [5.74, 6) is -0.00750. The summed E-state index contributed by atoms with van der Waals surface area (Å²) < 4.78 is 0.395. The third-order valence-corrected chi connectivity index (χ3v) is 2.78. The molecule has 0 aromatic carbocycles. The summed E-state index contributed by atoms with van der Waals surface area (Å²) in [6.07, 6.45) is 0. The first-order valence-electron chi connectivity index (χ1n) is 4.14. The van der Waals surface area contributed by atoms with Gasteiger partial charge in [-0.3, -0.25) is 4.79 Å². The minimum Gasteiger partial charge on any atom is -0.423 e. The molecule has 1 rings (SSSR count). The van der Waals surface area contributed by atoms with E-state index in [0.29, 0.717) is 16.2 Å². The number of likely N-dealkylation sites (N-methyl/N-ethyl adjacent to an activating group) is 1. The second-order valence-corrected chi connectivity index (χ2v) is 4.35. The van der Waals surface area contributed by atoms with E-state index in [9.17, 15) is 4.79 Å². The molecular formula is C8H12BNO3S. The van der Waals surface area contributed by atoms with Crippen LogP contribution in [0.5, 0.6) is 0 Å². The third-order valence-electron chi connectivity index (χ3n) is 1.62. The molecule has 1 aromatic rings. The van der Waals surface area contributed by atoms with E-state index in [-0.39, 0.29) is 5.78 Å². The van der Waals surface area contributed by atoms with Crippen LogP contribution >= 0.6 is 11.3 Å². The molecule has 0 aliphatic rings. The number of carbonyl (C=O) groups is 1. The van der Waals surface area contributed by atoms with E-state index < -0.39 is 7.12 Å². The van der Waals surface area contributed by atoms with Crippen molar-refractivity contribution in [2.24, 2.45) is 0 Å². The summed E-state index contributed by atoms with van der Waals surface area (Å²) in [5, 5.41) is 17.7. The van der Waals surface area contributed by atoms with E-state index in [2.05, 4.69) is 0 Å². The topological polar surface area (TPSA) is 60.8 Å². The smallest absolute Gasteiger partial charge is 0.423 e. The maximum atomic E-state index is 11.5. The molecule has 1 heterocycles. The fourth-order valence-electron chi connectivity index (χ4n) is 1.01. The van der Waals surface area contributed by atoms with Gasteiger partial charge >= 0.3 is 7.12 Å². The van der Waals surface area contributed by atoms with E-state index in [0.717, 1.165) is 11.3 Å². The van der Waals surface area contributed by atoms with Crippen molar-refractivity contribution in [3.05, 3.63) is 17.0 Å². The SMILES string of the molecule is CN(C)CC(=O)c1ccc(B(O)O)s1. The van der Waals surface area contributed by atoms with Gasteiger partial charge in [-0.05, 0) is 20.2 Å². The van der Waals surface area contributed by atoms with Gasteiger partial charge in [0.25, 0.3) is 0 Å². The van der Waals surface area contributed by atoms with Crippen molar-refractivity contribution in [2.75, 3.05) is 20.6 Å². The van der Waals surface area contributed by atoms with Crippen molar-refractivity contribution < 1.29 is 14.8 Å². The molecule has 0 saturated heterocycles. The van der Waals surface area contributed by atoms with Gasteiger partial charge in [0.2, 0.25) is 0 Å². The van der Waals surface area contributed by atoms with Crippen LogP contribution in [0.3, 0.4) is 0 Å². The Morgan fingerprint density at radius 3 is 2.57 bits per heavy atom. The molecule has 2 N–H and O–H groups in total. The lowest BCUT2D eigenvalue weighted by molar-refractivity contribution is 0.0962. The Morgan fingerprint density at radius 2 is 2.14 bits per heavy atom. The standard InChI is InChI=1S/C8H12BNO3S/c1-10(2)5-6(11)7-3-4-8(14-7)9(12)13/h3-4,12-13H,5H2,1-2H3. The monoisotopic (exact) mass is 213 g/mol. The highest BCUT2D eigenvalue weighted by Gasteiger charge is 2.16. The Kier molecular flexibility index (Phi) is 3.82. The average Bonchev–Trinajstić information content (AvgIpc) is 2.50. The predicted octanol–water partition coefficient (Wildman–Crippen LogP) is -0.828. The molecule has 0 amide bonds. The van der Waals surface area contributed by atoms with Crippen molar-refractivity contribution in [1.29, 1.82) is 0 Å². The van der Waals surface area contributed by atoms with E-state index in [1.54, 1.807) is 17.0 Å². The predicted molar refractivity (Wildman–Crippen MR) is 57.0 cm³/mol. The lowest BCUT2D eigenvalue weighted by Crippen LogP contribution is -2.26. The van der Waals surface area contributed by atoms with Gasteiger partial charge in [-0.2, -0.15) is 0 Å². The minimum atomic E-state index is -1.49. The molecule has 0 unspecified atom stereocenters. The van der Waals surface area contributed by atoms with E-state index in [4.69, 9.17) is 10.0 Å². The number of ketones is 1. The van der Waals surface area contributed by atoms with Gasteiger partial charge in [-0.25, -0.2) is 0 Å². The number of carbonyl (C=O) groups excluding carboxylic acids is 1. The maximum absolute atomic E-state index is 11.5. The molecule has 0 atom stereocenters. The van der Waals surface area contributed by atoms with Crippen molar-refractivity contribution in [2.45, 2.75) is 0 Å². The van der Waals surface area contributed by atoms with Crippen molar-refractivity contribution >= 4 is 29.0 Å². The largest absolute Gasteiger partial charge is 0.499 e. The molecule has 1 aromatic heterocycles. The summed E-state index contributed by atoms with van der Waals surface area (Å²) >= 11 is 1.11. The Morgan fingerprint density at radius 1 is 1.50 bits per heavy atom. The molecule has 0 radical (unpaired) electrons. The van der Waals surface area contributed by atoms with Gasteiger partial charge in [0, 0.05) is 4.78 Å². The van der Waals surface area contributed by atoms with Crippen molar-refractivity contribution in [3.63, 3.8) is 0 Å². The second-order valence-electron chi connectivity index (χ2n) is 3.24. The number of thiophene rings is 1. The number of nitrogens with zero attached hydrogens (tertiary/aromatic N) is 1. The number of hydrogen-bond acceptors (Lipinski definition) is 5. The Balaban J connectivity index is 2.71. The zero-order valence-corrected chi connectivity index (χ0v) is 8.91. The molecule has 0 fully saturated rings. The minimum absolute atomic E-state index is 0.00750. The number of rotatable bonds is 4. The fraction of sp³-hybridized carbons (Fsp3) is 0.375. The summed E-state index contributed by atoms with van der Waals surface area (Å²) in [5.41, 5.74) is 0. The molecule has 0 spiro atoms. The van der Waals surface area contributed by atoms with Gasteiger partial charge in [0.05, 0.1) is 11.4 Å². The van der Waals surface area contributed by atoms with E-state index >= 15 is 0 Å². The first kappa shape index (κ1) is 11.4. The van der Waals surface area contributed by atoms with Crippen LogP contribution in [0.2, 0.25) is 0 Å². The van der Waals surface area contributed by atoms with E-state index in [1.165, 1.54) is 0 Å². The molecule has 76 valence electrons. The van der Waals surface area contributed by atoms with Crippen LogP contribution < -0.4 is 4.78 Å². The molecule has 0 bridgehead atoms. The molecule has 14 heavy (non-hydrogen) atoms. The average molecular weight is 213 g/mol. The van der Waals surface area contributed by atoms with Crippen LogP contribution in [0.4, 0.5) is 0 Å². The second kappa shape index (κ2) is 4.70. The van der Waals surface area contributed by atoms with Crippen molar-refractivity contribution in [3.8, 4) is 0 Å². The quantitative estimate of drug-likeness (QED) is 0.506. The summed E-state index contributed by atoms with van der Waals surface area (Å²) in [6.45, 7) is 0.335. The maximum Gasteiger partial charge on any atom is 0.499 e. The van der Waals surface area contributed by atoms with Gasteiger partial charge in [-0.1, -0.05) is 6.07 Å². The Labute approximate surface area is 86.9 Å². The number of hydrogen-bond donors (Lipinski definition) is 2. The summed E-state index contributed by atoms with van der Waals surface area (Å²) in [6, 6.07) is 3.17. The molecular weight excluding hydrogens is 201 g/mol. The fourth-order valence-corrected chi connectivity index (χ4v) is 1.82. The summed E-state index contributed by atoms with van der Waals surface area (Å²) in [7, 11) is 2.14. The molecule has 0 aliphatic carbocycles. The highest BCUT2D eigenvalue weighted by molar-refractivity contribution is 7.23. The zero-order valence-electron chi connectivity index (χ0n) is 8.10. The summed E-state index contributed by atoms with van der Waals surface area (Å²) in [4.78, 5) is 13.8. The van der Waals surface area contributed by atoms with Gasteiger partial charge in [0.15, 0.2) is 5.78 Å². The number of Topliss-reactive ketones (excluding diaryl/α,β-unsaturated/α-hetero) is 1. The molecule has 6 heteroatoms. The van der Waals surface area contributed by atoms with Crippen LogP contribution in [0.25, 0.3) is 0 Å². The van der Waals surface area contributed by atoms with Crippen LogP contribution in [-0.4, -0.2) is 48.5 Å². The lowest BCUT2D eigenvalue weighted by atomic mass is 9.90. The first-order valence-corrected chi connectivity index (χ1v) is 4.96. The normalized spacial score (nSPS) is 10.6. The highest BCUT2D eigenvalue weighted by Crippen LogP contribution is 2.08. The van der Waals surface area contributed by atoms with Crippen LogP contribution in [0, 0.1) is 0 Å². The van der Waals surface area contributed by atoms with Gasteiger partial charge in [-0.15, -0.1) is 11.3 Å². The molecule has 0 saturated carbocycles. The van der Waals surface area contributed by atoms with Gasteiger partial charge in [0.1, 0.15) is 0 Å². The van der Waals surface area contributed by atoms with E-state index in [1.807, 2.05) is 14.1 Å². The van der Waals surface area contributed by atoms with Crippen LogP contribution in [-0.2, 0) is 0 Å². The molecule has 0 aliphatic heterocycles. The lowest BCUT2D eigenvalue weighted by Gasteiger charge is -2.06. The Hall–Kier alpha value is -0.685.